The summed E-state index contributed by atoms with van der Waals surface area (Å²) in [6, 6.07) is 4.06. The smallest absolute Gasteiger partial charge is 0.257 e. The molecule has 6 heteroatoms. The number of carbonyl (C=O) groups is 1. The maximum Gasteiger partial charge on any atom is 0.257 e. The molecule has 4 nitrogen and oxygen atoms in total. The van der Waals surface area contributed by atoms with Gasteiger partial charge in [0.05, 0.1) is 5.56 Å². The van der Waals surface area contributed by atoms with E-state index in [1.807, 2.05) is 0 Å². The summed E-state index contributed by atoms with van der Waals surface area (Å²) < 4.78 is 26.7. The number of hydrogen-bond donors (Lipinski definition) is 1. The number of likely N-dealkylation sites (tertiary alicyclic amines) is 1. The van der Waals surface area contributed by atoms with Crippen molar-refractivity contribution in [2.45, 2.75) is 6.04 Å². The molecular weight excluding hydrogens is 264 g/mol. The van der Waals surface area contributed by atoms with E-state index in [0.717, 1.165) is 32.2 Å². The summed E-state index contributed by atoms with van der Waals surface area (Å²) in [5.74, 6) is -2.45. The van der Waals surface area contributed by atoms with Crippen LogP contribution in [0, 0.1) is 11.6 Å². The summed E-state index contributed by atoms with van der Waals surface area (Å²) in [4.78, 5) is 16.0. The first-order valence-electron chi connectivity index (χ1n) is 6.85. The van der Waals surface area contributed by atoms with Gasteiger partial charge in [-0.3, -0.25) is 9.69 Å². The van der Waals surface area contributed by atoms with Crippen LogP contribution in [0.3, 0.4) is 0 Å². The zero-order valence-electron chi connectivity index (χ0n) is 11.1. The first-order chi connectivity index (χ1) is 9.66. The topological polar surface area (TPSA) is 35.6 Å². The summed E-state index contributed by atoms with van der Waals surface area (Å²) in [5.41, 5.74) is -0.177. The highest BCUT2D eigenvalue weighted by Gasteiger charge is 2.36. The molecule has 3 rings (SSSR count). The quantitative estimate of drug-likeness (QED) is 0.866. The zero-order valence-corrected chi connectivity index (χ0v) is 11.1. The number of amides is 1. The van der Waals surface area contributed by atoms with Crippen molar-refractivity contribution < 1.29 is 13.6 Å². The van der Waals surface area contributed by atoms with E-state index in [1.165, 1.54) is 12.1 Å². The number of benzene rings is 1. The third-order valence-corrected chi connectivity index (χ3v) is 4.00. The third kappa shape index (κ3) is 2.41. The van der Waals surface area contributed by atoms with Gasteiger partial charge in [0.2, 0.25) is 0 Å². The average Bonchev–Trinajstić information content (AvgIpc) is 2.41. The van der Waals surface area contributed by atoms with Gasteiger partial charge in [-0.25, -0.2) is 8.78 Å². The molecule has 0 bridgehead atoms. The second-order valence-corrected chi connectivity index (χ2v) is 5.25. The van der Waals surface area contributed by atoms with Crippen LogP contribution in [-0.4, -0.2) is 61.0 Å². The van der Waals surface area contributed by atoms with Crippen LogP contribution in [0.2, 0.25) is 0 Å². The van der Waals surface area contributed by atoms with E-state index in [0.29, 0.717) is 19.1 Å². The predicted octanol–water partition coefficient (Wildman–Crippen LogP) is 0.694. The Morgan fingerprint density at radius 1 is 1.20 bits per heavy atom. The lowest BCUT2D eigenvalue weighted by atomic mass is 10.0. The van der Waals surface area contributed by atoms with Gasteiger partial charge in [0, 0.05) is 45.3 Å². The molecular formula is C14H17F2N3O. The normalized spacial score (nSPS) is 20.8. The molecule has 108 valence electrons. The first kappa shape index (κ1) is 13.5. The Balaban J connectivity index is 1.61. The predicted molar refractivity (Wildman–Crippen MR) is 70.5 cm³/mol. The Labute approximate surface area is 116 Å². The minimum Gasteiger partial charge on any atom is -0.335 e. The summed E-state index contributed by atoms with van der Waals surface area (Å²) in [5, 5.41) is 3.28. The molecule has 1 aromatic carbocycles. The summed E-state index contributed by atoms with van der Waals surface area (Å²) in [6.07, 6.45) is 0. The standard InChI is InChI=1S/C14H17F2N3O/c15-12-3-1-2-11(13(12)16)14(20)19-8-10(9-19)18-6-4-17-5-7-18/h1-3,10,17H,4-9H2. The largest absolute Gasteiger partial charge is 0.335 e. The number of piperazine rings is 1. The second-order valence-electron chi connectivity index (χ2n) is 5.25. The average molecular weight is 281 g/mol. The highest BCUT2D eigenvalue weighted by molar-refractivity contribution is 5.95. The molecule has 0 spiro atoms. The van der Waals surface area contributed by atoms with E-state index in [-0.39, 0.29) is 5.56 Å². The van der Waals surface area contributed by atoms with Gasteiger partial charge < -0.3 is 10.2 Å². The number of carbonyl (C=O) groups excluding carboxylic acids is 1. The SMILES string of the molecule is O=C(c1cccc(F)c1F)N1CC(N2CCNCC2)C1. The van der Waals surface area contributed by atoms with Crippen molar-refractivity contribution in [1.29, 1.82) is 0 Å². The molecule has 0 saturated carbocycles. The molecule has 1 aromatic rings. The van der Waals surface area contributed by atoms with Crippen molar-refractivity contribution in [3.63, 3.8) is 0 Å². The van der Waals surface area contributed by atoms with Crippen molar-refractivity contribution in [3.8, 4) is 0 Å². The summed E-state index contributed by atoms with van der Waals surface area (Å²) in [7, 11) is 0. The highest BCUT2D eigenvalue weighted by Crippen LogP contribution is 2.20. The van der Waals surface area contributed by atoms with Crippen LogP contribution in [0.15, 0.2) is 18.2 Å². The Hall–Kier alpha value is -1.53. The molecule has 20 heavy (non-hydrogen) atoms. The number of rotatable bonds is 2. The molecule has 1 N–H and O–H groups in total. The monoisotopic (exact) mass is 281 g/mol. The fourth-order valence-electron chi connectivity index (χ4n) is 2.74. The summed E-state index contributed by atoms with van der Waals surface area (Å²) in [6.45, 7) is 5.05. The maximum atomic E-state index is 13.6. The molecule has 2 aliphatic heterocycles. The van der Waals surface area contributed by atoms with Gasteiger partial charge in [-0.05, 0) is 12.1 Å². The molecule has 2 aliphatic rings. The minimum absolute atomic E-state index is 0.177. The molecule has 2 heterocycles. The van der Waals surface area contributed by atoms with Gasteiger partial charge in [-0.2, -0.15) is 0 Å². The van der Waals surface area contributed by atoms with Gasteiger partial charge in [0.1, 0.15) is 0 Å². The van der Waals surface area contributed by atoms with E-state index in [2.05, 4.69) is 10.2 Å². The van der Waals surface area contributed by atoms with E-state index in [1.54, 1.807) is 4.90 Å². The van der Waals surface area contributed by atoms with E-state index in [4.69, 9.17) is 0 Å². The van der Waals surface area contributed by atoms with Crippen molar-refractivity contribution in [2.24, 2.45) is 0 Å². The Bertz CT molecular complexity index is 511. The van der Waals surface area contributed by atoms with E-state index >= 15 is 0 Å². The van der Waals surface area contributed by atoms with Crippen molar-refractivity contribution in [2.75, 3.05) is 39.3 Å². The lowest BCUT2D eigenvalue weighted by Gasteiger charge is -2.46. The third-order valence-electron chi connectivity index (χ3n) is 4.00. The highest BCUT2D eigenvalue weighted by atomic mass is 19.2. The molecule has 0 radical (unpaired) electrons. The van der Waals surface area contributed by atoms with Crippen LogP contribution in [0.1, 0.15) is 10.4 Å². The van der Waals surface area contributed by atoms with Crippen LogP contribution in [0.5, 0.6) is 0 Å². The number of hydrogen-bond acceptors (Lipinski definition) is 3. The minimum atomic E-state index is -1.05. The van der Waals surface area contributed by atoms with Crippen molar-refractivity contribution >= 4 is 5.91 Å². The van der Waals surface area contributed by atoms with Crippen LogP contribution in [-0.2, 0) is 0 Å². The fraction of sp³-hybridized carbons (Fsp3) is 0.500. The van der Waals surface area contributed by atoms with Crippen molar-refractivity contribution in [1.82, 2.24) is 15.1 Å². The van der Waals surface area contributed by atoms with Crippen molar-refractivity contribution in [3.05, 3.63) is 35.4 Å². The second kappa shape index (κ2) is 5.46. The maximum absolute atomic E-state index is 13.6. The number of nitrogens with zero attached hydrogens (tertiary/aromatic N) is 2. The lowest BCUT2D eigenvalue weighted by Crippen LogP contribution is -2.63. The Morgan fingerprint density at radius 3 is 2.60 bits per heavy atom. The van der Waals surface area contributed by atoms with E-state index < -0.39 is 17.5 Å². The molecule has 0 unspecified atom stereocenters. The molecule has 0 atom stereocenters. The molecule has 0 aliphatic carbocycles. The number of nitrogens with one attached hydrogen (secondary N) is 1. The van der Waals surface area contributed by atoms with Gasteiger partial charge in [0.15, 0.2) is 11.6 Å². The van der Waals surface area contributed by atoms with Gasteiger partial charge in [-0.15, -0.1) is 0 Å². The molecule has 2 fully saturated rings. The Morgan fingerprint density at radius 2 is 1.90 bits per heavy atom. The zero-order chi connectivity index (χ0) is 14.1. The van der Waals surface area contributed by atoms with Crippen LogP contribution >= 0.6 is 0 Å². The van der Waals surface area contributed by atoms with Crippen LogP contribution in [0.4, 0.5) is 8.78 Å². The van der Waals surface area contributed by atoms with Gasteiger partial charge >= 0.3 is 0 Å². The molecule has 1 amide bonds. The Kier molecular flexibility index (Phi) is 3.67. The molecule has 0 aromatic heterocycles. The van der Waals surface area contributed by atoms with Gasteiger partial charge in [-0.1, -0.05) is 6.07 Å². The number of halogens is 2. The fourth-order valence-corrected chi connectivity index (χ4v) is 2.74. The molecule has 2 saturated heterocycles. The summed E-state index contributed by atoms with van der Waals surface area (Å²) >= 11 is 0. The van der Waals surface area contributed by atoms with E-state index in [9.17, 15) is 13.6 Å². The van der Waals surface area contributed by atoms with Crippen LogP contribution < -0.4 is 5.32 Å². The van der Waals surface area contributed by atoms with Gasteiger partial charge in [0.25, 0.3) is 5.91 Å². The first-order valence-corrected chi connectivity index (χ1v) is 6.85. The van der Waals surface area contributed by atoms with Crippen LogP contribution in [0.25, 0.3) is 0 Å². The lowest BCUT2D eigenvalue weighted by molar-refractivity contribution is 0.0223.